The van der Waals surface area contributed by atoms with Crippen molar-refractivity contribution in [1.29, 1.82) is 0 Å². The van der Waals surface area contributed by atoms with E-state index < -0.39 is 35.9 Å². The predicted molar refractivity (Wildman–Crippen MR) is 79.9 cm³/mol. The molecule has 6 nitrogen and oxygen atoms in total. The molecule has 1 heterocycles. The standard InChI is InChI=1S/C16H16N2O4/c1-9-17-15-11(5-3-7-13(15)20)16(22)18(9)12-6-2-4-10(19)8-14(12)21/h3,5,7,12,20H,2,4,6,8H2,1H3/i4D2,12D. The Balaban J connectivity index is 2.26. The zero-order valence-electron chi connectivity index (χ0n) is 14.9. The number of benzene rings is 1. The maximum Gasteiger partial charge on any atom is 0.262 e. The van der Waals surface area contributed by atoms with Crippen molar-refractivity contribution >= 4 is 22.5 Å². The van der Waals surface area contributed by atoms with Crippen molar-refractivity contribution in [3.8, 4) is 5.75 Å². The highest BCUT2D eigenvalue weighted by atomic mass is 16.3. The van der Waals surface area contributed by atoms with Gasteiger partial charge in [-0.15, -0.1) is 0 Å². The quantitative estimate of drug-likeness (QED) is 0.639. The van der Waals surface area contributed by atoms with E-state index in [9.17, 15) is 19.5 Å². The molecule has 1 unspecified atom stereocenters. The number of aromatic nitrogens is 2. The molecule has 0 amide bonds. The van der Waals surface area contributed by atoms with Crippen molar-refractivity contribution in [2.75, 3.05) is 0 Å². The topological polar surface area (TPSA) is 89.3 Å². The summed E-state index contributed by atoms with van der Waals surface area (Å²) in [4.78, 5) is 41.4. The summed E-state index contributed by atoms with van der Waals surface area (Å²) in [6.45, 7) is 1.43. The fourth-order valence-electron chi connectivity index (χ4n) is 2.63. The average Bonchev–Trinajstić information content (AvgIpc) is 2.60. The van der Waals surface area contributed by atoms with Crippen molar-refractivity contribution < 1.29 is 18.8 Å². The Hall–Kier alpha value is -2.50. The first-order chi connectivity index (χ1) is 11.6. The number of phenolic OH excluding ortho intramolecular Hbond substituents is 1. The summed E-state index contributed by atoms with van der Waals surface area (Å²) in [5.41, 5.74) is -0.617. The number of para-hydroxylation sites is 1. The van der Waals surface area contributed by atoms with Gasteiger partial charge in [-0.25, -0.2) is 4.98 Å². The average molecular weight is 303 g/mol. The number of hydrogen-bond donors (Lipinski definition) is 1. The second-order valence-corrected chi connectivity index (χ2v) is 5.12. The zero-order valence-corrected chi connectivity index (χ0v) is 11.9. The van der Waals surface area contributed by atoms with Gasteiger partial charge < -0.3 is 5.11 Å². The van der Waals surface area contributed by atoms with E-state index >= 15 is 0 Å². The van der Waals surface area contributed by atoms with Gasteiger partial charge in [-0.1, -0.05) is 6.07 Å². The minimum absolute atomic E-state index is 0.0391. The molecule has 0 radical (unpaired) electrons. The molecule has 1 N–H and O–H groups in total. The van der Waals surface area contributed by atoms with E-state index in [-0.39, 0.29) is 35.3 Å². The predicted octanol–water partition coefficient (Wildman–Crippen LogP) is 1.66. The van der Waals surface area contributed by atoms with Crippen LogP contribution in [0.5, 0.6) is 5.75 Å². The zero-order chi connectivity index (χ0) is 18.6. The van der Waals surface area contributed by atoms with Crippen LogP contribution in [0.4, 0.5) is 0 Å². The van der Waals surface area contributed by atoms with Gasteiger partial charge in [0, 0.05) is 9.11 Å². The molecule has 0 saturated heterocycles. The Bertz CT molecular complexity index is 970. The van der Waals surface area contributed by atoms with Crippen LogP contribution >= 0.6 is 0 Å². The highest BCUT2D eigenvalue weighted by molar-refractivity contribution is 6.01. The molecule has 3 rings (SSSR count). The number of aryl methyl sites for hydroxylation is 1. The van der Waals surface area contributed by atoms with Crippen LogP contribution in [-0.4, -0.2) is 26.2 Å². The van der Waals surface area contributed by atoms with Gasteiger partial charge in [-0.05, 0) is 31.9 Å². The molecule has 1 aliphatic carbocycles. The van der Waals surface area contributed by atoms with Gasteiger partial charge in [-0.3, -0.25) is 19.0 Å². The summed E-state index contributed by atoms with van der Waals surface area (Å²) >= 11 is 0. The maximum absolute atomic E-state index is 12.9. The molecule has 1 atom stereocenters. The number of hydrogen-bond acceptors (Lipinski definition) is 5. The number of nitrogens with zero attached hydrogens (tertiary/aromatic N) is 2. The van der Waals surface area contributed by atoms with Gasteiger partial charge >= 0.3 is 0 Å². The third-order valence-corrected chi connectivity index (χ3v) is 3.64. The first-order valence-electron chi connectivity index (χ1n) is 8.36. The molecular formula is C16H16N2O4. The smallest absolute Gasteiger partial charge is 0.262 e. The van der Waals surface area contributed by atoms with Gasteiger partial charge in [0.25, 0.3) is 5.56 Å². The third-order valence-electron chi connectivity index (χ3n) is 3.64. The molecule has 0 spiro atoms. The number of fused-ring (bicyclic) bond motifs is 1. The van der Waals surface area contributed by atoms with Crippen LogP contribution in [0.25, 0.3) is 10.9 Å². The molecule has 6 heteroatoms. The highest BCUT2D eigenvalue weighted by Crippen LogP contribution is 2.25. The van der Waals surface area contributed by atoms with Crippen LogP contribution in [-0.2, 0) is 9.59 Å². The van der Waals surface area contributed by atoms with Crippen molar-refractivity contribution in [3.05, 3.63) is 34.4 Å². The fourth-order valence-corrected chi connectivity index (χ4v) is 2.63. The Morgan fingerprint density at radius 3 is 2.95 bits per heavy atom. The maximum atomic E-state index is 12.9. The molecule has 0 aliphatic heterocycles. The monoisotopic (exact) mass is 303 g/mol. The molecule has 1 aliphatic rings. The Kier molecular flexibility index (Phi) is 2.71. The lowest BCUT2D eigenvalue weighted by molar-refractivity contribution is -0.127. The number of carbonyl (C=O) groups is 2. The van der Waals surface area contributed by atoms with Crippen LogP contribution in [0.3, 0.4) is 0 Å². The van der Waals surface area contributed by atoms with Crippen molar-refractivity contribution in [3.63, 3.8) is 0 Å². The first kappa shape index (κ1) is 11.1. The largest absolute Gasteiger partial charge is 0.506 e. The van der Waals surface area contributed by atoms with E-state index in [1.807, 2.05) is 0 Å². The summed E-state index contributed by atoms with van der Waals surface area (Å²) < 4.78 is 24.9. The summed E-state index contributed by atoms with van der Waals surface area (Å²) in [5.74, 6) is -1.88. The molecule has 22 heavy (non-hydrogen) atoms. The van der Waals surface area contributed by atoms with Crippen molar-refractivity contribution in [2.24, 2.45) is 0 Å². The summed E-state index contributed by atoms with van der Waals surface area (Å²) in [6, 6.07) is 2.13. The molecule has 1 aromatic carbocycles. The number of aromatic hydroxyl groups is 1. The van der Waals surface area contributed by atoms with Crippen molar-refractivity contribution in [1.82, 2.24) is 9.55 Å². The third kappa shape index (κ3) is 2.30. The van der Waals surface area contributed by atoms with Crippen LogP contribution in [0.15, 0.2) is 23.0 Å². The van der Waals surface area contributed by atoms with E-state index in [1.165, 1.54) is 25.1 Å². The van der Waals surface area contributed by atoms with Gasteiger partial charge in [0.1, 0.15) is 22.9 Å². The van der Waals surface area contributed by atoms with E-state index in [1.54, 1.807) is 0 Å². The number of rotatable bonds is 1. The van der Waals surface area contributed by atoms with Gasteiger partial charge in [-0.2, -0.15) is 0 Å². The lowest BCUT2D eigenvalue weighted by atomic mass is 10.1. The lowest BCUT2D eigenvalue weighted by Crippen LogP contribution is -2.32. The number of ketones is 2. The van der Waals surface area contributed by atoms with Crippen LogP contribution in [0.2, 0.25) is 0 Å². The van der Waals surface area contributed by atoms with Gasteiger partial charge in [0.05, 0.1) is 19.2 Å². The minimum Gasteiger partial charge on any atom is -0.506 e. The Morgan fingerprint density at radius 1 is 1.41 bits per heavy atom. The summed E-state index contributed by atoms with van der Waals surface area (Å²) in [5, 5.41) is 9.91. The minimum atomic E-state index is -2.21. The van der Waals surface area contributed by atoms with Gasteiger partial charge in [0.15, 0.2) is 5.78 Å². The fraction of sp³-hybridized carbons (Fsp3) is 0.375. The molecule has 1 saturated carbocycles. The van der Waals surface area contributed by atoms with E-state index in [0.717, 1.165) is 4.57 Å². The lowest BCUT2D eigenvalue weighted by Gasteiger charge is -2.19. The van der Waals surface area contributed by atoms with E-state index in [2.05, 4.69) is 4.98 Å². The van der Waals surface area contributed by atoms with Gasteiger partial charge in [0.2, 0.25) is 0 Å². The SMILES string of the molecule is [2H]C1([2H])CCC([2H])(n2c(C)nc3c(O)cccc3c2=O)C(=O)CC1=O. The van der Waals surface area contributed by atoms with E-state index in [0.29, 0.717) is 0 Å². The highest BCUT2D eigenvalue weighted by Gasteiger charge is 2.28. The molecular weight excluding hydrogens is 284 g/mol. The first-order valence-corrected chi connectivity index (χ1v) is 6.86. The van der Waals surface area contributed by atoms with E-state index in [4.69, 9.17) is 4.11 Å². The normalized spacial score (nSPS) is 27.0. The molecule has 114 valence electrons. The second kappa shape index (κ2) is 5.36. The van der Waals surface area contributed by atoms with Crippen LogP contribution in [0.1, 0.15) is 41.6 Å². The summed E-state index contributed by atoms with van der Waals surface area (Å²) in [7, 11) is 0. The summed E-state index contributed by atoms with van der Waals surface area (Å²) in [6.07, 6.45) is -3.62. The van der Waals surface area contributed by atoms with Crippen molar-refractivity contribution in [2.45, 2.75) is 38.6 Å². The number of carbonyl (C=O) groups excluding carboxylic acids is 2. The van der Waals surface area contributed by atoms with Crippen LogP contribution < -0.4 is 5.56 Å². The van der Waals surface area contributed by atoms with Crippen LogP contribution in [0, 0.1) is 6.92 Å². The second-order valence-electron chi connectivity index (χ2n) is 5.12. The molecule has 0 bridgehead atoms. The number of Topliss-reactive ketones (excluding diaryl/α,β-unsaturated/α-hetero) is 2. The Morgan fingerprint density at radius 2 is 2.18 bits per heavy atom. The number of phenols is 1. The molecule has 1 fully saturated rings. The molecule has 1 aromatic heterocycles. The Labute approximate surface area is 130 Å². The molecule has 2 aromatic rings.